The van der Waals surface area contributed by atoms with E-state index in [1.165, 1.54) is 25.1 Å². The second kappa shape index (κ2) is 5.67. The number of piperidine rings is 1. The van der Waals surface area contributed by atoms with Crippen LogP contribution < -0.4 is 15.8 Å². The molecule has 20 heavy (non-hydrogen) atoms. The van der Waals surface area contributed by atoms with E-state index in [1.807, 2.05) is 0 Å². The monoisotopic (exact) mass is 298 g/mol. The van der Waals surface area contributed by atoms with Gasteiger partial charge in [-0.3, -0.25) is 0 Å². The van der Waals surface area contributed by atoms with Crippen LogP contribution in [0.5, 0.6) is 0 Å². The van der Waals surface area contributed by atoms with E-state index < -0.39 is 10.0 Å². The first-order valence-corrected chi connectivity index (χ1v) is 8.30. The Bertz CT molecular complexity index is 554. The first-order valence-electron chi connectivity index (χ1n) is 6.75. The van der Waals surface area contributed by atoms with E-state index in [1.54, 1.807) is 6.07 Å². The molecule has 0 saturated carbocycles. The number of aromatic nitrogens is 1. The molecule has 0 aromatic carbocycles. The maximum Gasteiger partial charge on any atom is 0.239 e. The van der Waals surface area contributed by atoms with Crippen LogP contribution in [0.4, 0.5) is 5.82 Å². The molecule has 1 saturated heterocycles. The van der Waals surface area contributed by atoms with Crippen molar-refractivity contribution in [3.8, 4) is 0 Å². The highest BCUT2D eigenvalue weighted by molar-refractivity contribution is 7.89. The fraction of sp³-hybridized carbons (Fsp3) is 0.615. The largest absolute Gasteiger partial charge is 0.368 e. The summed E-state index contributed by atoms with van der Waals surface area (Å²) < 4.78 is 22.3. The number of nitrogens with zero attached hydrogens (tertiary/aromatic N) is 1. The van der Waals surface area contributed by atoms with Gasteiger partial charge in [0.05, 0.1) is 0 Å². The SMILES string of the molecule is CC1(C)CCCNC1CNc1ccc(S(N)(=O)=O)cn1. The second-order valence-corrected chi connectivity index (χ2v) is 7.47. The zero-order valence-electron chi connectivity index (χ0n) is 11.9. The van der Waals surface area contributed by atoms with Gasteiger partial charge in [-0.1, -0.05) is 13.8 Å². The summed E-state index contributed by atoms with van der Waals surface area (Å²) in [6.07, 6.45) is 3.67. The molecule has 0 aliphatic carbocycles. The summed E-state index contributed by atoms with van der Waals surface area (Å²) in [4.78, 5) is 4.11. The Labute approximate surface area is 120 Å². The van der Waals surface area contributed by atoms with Gasteiger partial charge in [0.25, 0.3) is 0 Å². The highest BCUT2D eigenvalue weighted by atomic mass is 32.2. The summed E-state index contributed by atoms with van der Waals surface area (Å²) in [5.74, 6) is 0.653. The average molecular weight is 298 g/mol. The molecular formula is C13H22N4O2S. The quantitative estimate of drug-likeness (QED) is 0.768. The lowest BCUT2D eigenvalue weighted by Gasteiger charge is -2.39. The normalized spacial score (nSPS) is 22.4. The molecule has 1 aromatic heterocycles. The first kappa shape index (κ1) is 15.2. The minimum absolute atomic E-state index is 0.0270. The van der Waals surface area contributed by atoms with Crippen molar-refractivity contribution in [2.45, 2.75) is 37.6 Å². The molecule has 1 fully saturated rings. The standard InChI is InChI=1S/C13H22N4O2S/c1-13(2)6-3-7-15-11(13)9-17-12-5-4-10(8-16-12)20(14,18)19/h4-5,8,11,15H,3,6-7,9H2,1-2H3,(H,16,17)(H2,14,18,19). The van der Waals surface area contributed by atoms with Gasteiger partial charge in [-0.25, -0.2) is 18.5 Å². The Hall–Kier alpha value is -1.18. The van der Waals surface area contributed by atoms with Crippen molar-refractivity contribution in [2.75, 3.05) is 18.4 Å². The molecule has 7 heteroatoms. The lowest BCUT2D eigenvalue weighted by molar-refractivity contribution is 0.188. The molecule has 1 aliphatic heterocycles. The van der Waals surface area contributed by atoms with Gasteiger partial charge in [0.1, 0.15) is 10.7 Å². The average Bonchev–Trinajstić information content (AvgIpc) is 2.36. The minimum atomic E-state index is -3.68. The van der Waals surface area contributed by atoms with E-state index in [9.17, 15) is 8.42 Å². The van der Waals surface area contributed by atoms with Crippen molar-refractivity contribution >= 4 is 15.8 Å². The Balaban J connectivity index is 1.97. The van der Waals surface area contributed by atoms with Gasteiger partial charge < -0.3 is 10.6 Å². The van der Waals surface area contributed by atoms with Crippen molar-refractivity contribution in [3.05, 3.63) is 18.3 Å². The summed E-state index contributed by atoms with van der Waals surface area (Å²) >= 11 is 0. The molecule has 2 rings (SSSR count). The fourth-order valence-corrected chi connectivity index (χ4v) is 2.94. The molecule has 1 atom stereocenters. The van der Waals surface area contributed by atoms with E-state index in [2.05, 4.69) is 29.5 Å². The zero-order chi connectivity index (χ0) is 14.8. The van der Waals surface area contributed by atoms with Crippen LogP contribution >= 0.6 is 0 Å². The Kier molecular flexibility index (Phi) is 4.31. The molecule has 0 radical (unpaired) electrons. The van der Waals surface area contributed by atoms with Crippen LogP contribution in [-0.4, -0.2) is 32.5 Å². The maximum atomic E-state index is 11.1. The molecule has 1 aromatic rings. The highest BCUT2D eigenvalue weighted by Gasteiger charge is 2.31. The molecular weight excluding hydrogens is 276 g/mol. The van der Waals surface area contributed by atoms with Crippen molar-refractivity contribution in [1.82, 2.24) is 10.3 Å². The fourth-order valence-electron chi connectivity index (χ4n) is 2.48. The smallest absolute Gasteiger partial charge is 0.239 e. The molecule has 1 unspecified atom stereocenters. The predicted octanol–water partition coefficient (Wildman–Crippen LogP) is 0.919. The molecule has 0 amide bonds. The van der Waals surface area contributed by atoms with Crippen LogP contribution in [0.3, 0.4) is 0 Å². The van der Waals surface area contributed by atoms with E-state index in [0.29, 0.717) is 11.9 Å². The summed E-state index contributed by atoms with van der Waals surface area (Å²) in [7, 11) is -3.68. The summed E-state index contributed by atoms with van der Waals surface area (Å²) in [5.41, 5.74) is 0.242. The number of rotatable bonds is 4. The van der Waals surface area contributed by atoms with Gasteiger partial charge in [0.15, 0.2) is 0 Å². The number of primary sulfonamides is 1. The first-order chi connectivity index (χ1) is 9.29. The number of anilines is 1. The van der Waals surface area contributed by atoms with Crippen LogP contribution in [0.15, 0.2) is 23.2 Å². The lowest BCUT2D eigenvalue weighted by Crippen LogP contribution is -2.50. The van der Waals surface area contributed by atoms with Crippen molar-refractivity contribution in [3.63, 3.8) is 0 Å². The van der Waals surface area contributed by atoms with E-state index in [0.717, 1.165) is 13.1 Å². The van der Waals surface area contributed by atoms with Crippen LogP contribution in [0.1, 0.15) is 26.7 Å². The third-order valence-electron chi connectivity index (χ3n) is 3.88. The molecule has 4 N–H and O–H groups in total. The molecule has 112 valence electrons. The molecule has 0 bridgehead atoms. The van der Waals surface area contributed by atoms with Gasteiger partial charge in [-0.15, -0.1) is 0 Å². The number of pyridine rings is 1. The lowest BCUT2D eigenvalue weighted by atomic mass is 9.77. The van der Waals surface area contributed by atoms with E-state index >= 15 is 0 Å². The summed E-state index contributed by atoms with van der Waals surface area (Å²) in [5, 5.41) is 11.8. The maximum absolute atomic E-state index is 11.1. The van der Waals surface area contributed by atoms with Gasteiger partial charge in [0.2, 0.25) is 10.0 Å². The van der Waals surface area contributed by atoms with Crippen molar-refractivity contribution in [1.29, 1.82) is 0 Å². The number of hydrogen-bond donors (Lipinski definition) is 3. The Morgan fingerprint density at radius 3 is 2.80 bits per heavy atom. The minimum Gasteiger partial charge on any atom is -0.368 e. The van der Waals surface area contributed by atoms with Gasteiger partial charge >= 0.3 is 0 Å². The zero-order valence-corrected chi connectivity index (χ0v) is 12.7. The number of nitrogens with two attached hydrogens (primary N) is 1. The highest BCUT2D eigenvalue weighted by Crippen LogP contribution is 2.30. The summed E-state index contributed by atoms with van der Waals surface area (Å²) in [6.45, 7) is 6.30. The van der Waals surface area contributed by atoms with E-state index in [4.69, 9.17) is 5.14 Å². The van der Waals surface area contributed by atoms with Gasteiger partial charge in [-0.2, -0.15) is 0 Å². The summed E-state index contributed by atoms with van der Waals surface area (Å²) in [6, 6.07) is 3.47. The topological polar surface area (TPSA) is 97.1 Å². The van der Waals surface area contributed by atoms with Crippen LogP contribution in [0.2, 0.25) is 0 Å². The van der Waals surface area contributed by atoms with Gasteiger partial charge in [-0.05, 0) is 36.9 Å². The van der Waals surface area contributed by atoms with Crippen LogP contribution in [0.25, 0.3) is 0 Å². The molecule has 6 nitrogen and oxygen atoms in total. The Morgan fingerprint density at radius 2 is 2.25 bits per heavy atom. The third-order valence-corrected chi connectivity index (χ3v) is 4.78. The van der Waals surface area contributed by atoms with Gasteiger partial charge in [0, 0.05) is 18.8 Å². The van der Waals surface area contributed by atoms with Crippen molar-refractivity contribution in [2.24, 2.45) is 10.6 Å². The Morgan fingerprint density at radius 1 is 1.50 bits per heavy atom. The molecule has 1 aliphatic rings. The predicted molar refractivity (Wildman–Crippen MR) is 78.9 cm³/mol. The number of hydrogen-bond acceptors (Lipinski definition) is 5. The van der Waals surface area contributed by atoms with Crippen LogP contribution in [0, 0.1) is 5.41 Å². The molecule has 0 spiro atoms. The van der Waals surface area contributed by atoms with Crippen LogP contribution in [-0.2, 0) is 10.0 Å². The van der Waals surface area contributed by atoms with Crippen molar-refractivity contribution < 1.29 is 8.42 Å². The third kappa shape index (κ3) is 3.68. The second-order valence-electron chi connectivity index (χ2n) is 5.90. The van der Waals surface area contributed by atoms with E-state index in [-0.39, 0.29) is 10.3 Å². The number of nitrogens with one attached hydrogen (secondary N) is 2. The number of sulfonamides is 1. The molecule has 2 heterocycles.